The number of rotatable bonds is 6. The molecule has 3 aliphatic rings. The zero-order valence-electron chi connectivity index (χ0n) is 22.0. The standard InChI is InChI=1S/C28H38FN5O3/c1-19-14-33(25(13-30-19)16-32-8-9-36-18-20(32)2)17-27(35)34-15-21(3)37-28-26(34)11-23(12-31-28)10-22-4-6-24(29)7-5-22/h4-7,11-12,19-21,25,30H,8-10,13-18H2,1-3H3/t19-,20-,21?,25-/m1/s1. The molecule has 1 N–H and O–H groups in total. The number of hydrogen-bond donors (Lipinski definition) is 1. The first kappa shape index (κ1) is 26.0. The Kier molecular flexibility index (Phi) is 8.04. The van der Waals surface area contributed by atoms with Crippen molar-refractivity contribution in [3.63, 3.8) is 0 Å². The van der Waals surface area contributed by atoms with E-state index in [1.165, 1.54) is 12.1 Å². The monoisotopic (exact) mass is 511 g/mol. The molecule has 200 valence electrons. The predicted octanol–water partition coefficient (Wildman–Crippen LogP) is 2.31. The van der Waals surface area contributed by atoms with Gasteiger partial charge in [0.1, 0.15) is 17.6 Å². The van der Waals surface area contributed by atoms with Gasteiger partial charge in [0.2, 0.25) is 11.8 Å². The highest BCUT2D eigenvalue weighted by atomic mass is 19.1. The van der Waals surface area contributed by atoms with Gasteiger partial charge in [0.05, 0.1) is 26.3 Å². The van der Waals surface area contributed by atoms with Gasteiger partial charge in [0, 0.05) is 50.5 Å². The number of carbonyl (C=O) groups excluding carboxylic acids is 1. The molecule has 0 saturated carbocycles. The molecule has 0 radical (unpaired) electrons. The summed E-state index contributed by atoms with van der Waals surface area (Å²) < 4.78 is 24.9. The second-order valence-corrected chi connectivity index (χ2v) is 10.7. The minimum atomic E-state index is -0.255. The summed E-state index contributed by atoms with van der Waals surface area (Å²) in [5.41, 5.74) is 2.65. The van der Waals surface area contributed by atoms with Gasteiger partial charge in [0.25, 0.3) is 0 Å². The van der Waals surface area contributed by atoms with E-state index < -0.39 is 0 Å². The lowest BCUT2D eigenvalue weighted by atomic mass is 10.1. The molecule has 1 unspecified atom stereocenters. The number of amides is 1. The topological polar surface area (TPSA) is 70.2 Å². The smallest absolute Gasteiger partial charge is 0.241 e. The second kappa shape index (κ2) is 11.4. The SMILES string of the molecule is CC1CN(C(=O)CN2C[C@@H](C)NC[C@@H]2CN2CCOC[C@H]2C)c2cc(Cc3ccc(F)cc3)cnc2O1. The predicted molar refractivity (Wildman–Crippen MR) is 141 cm³/mol. The van der Waals surface area contributed by atoms with Crippen molar-refractivity contribution in [2.45, 2.75) is 51.4 Å². The molecule has 4 heterocycles. The highest BCUT2D eigenvalue weighted by Crippen LogP contribution is 2.33. The van der Waals surface area contributed by atoms with E-state index in [2.05, 4.69) is 33.9 Å². The minimum Gasteiger partial charge on any atom is -0.471 e. The molecule has 5 rings (SSSR count). The number of piperazine rings is 1. The van der Waals surface area contributed by atoms with E-state index in [0.717, 1.165) is 50.5 Å². The average molecular weight is 512 g/mol. The van der Waals surface area contributed by atoms with Crippen molar-refractivity contribution in [1.29, 1.82) is 0 Å². The summed E-state index contributed by atoms with van der Waals surface area (Å²) >= 11 is 0. The van der Waals surface area contributed by atoms with Gasteiger partial charge in [-0.1, -0.05) is 12.1 Å². The molecule has 3 aliphatic heterocycles. The van der Waals surface area contributed by atoms with Crippen molar-refractivity contribution in [2.24, 2.45) is 0 Å². The molecule has 1 amide bonds. The summed E-state index contributed by atoms with van der Waals surface area (Å²) in [6, 6.07) is 9.42. The molecule has 2 fully saturated rings. The highest BCUT2D eigenvalue weighted by Gasteiger charge is 2.34. The van der Waals surface area contributed by atoms with Crippen molar-refractivity contribution >= 4 is 11.6 Å². The lowest BCUT2D eigenvalue weighted by molar-refractivity contribution is -0.121. The molecule has 2 aromatic rings. The lowest BCUT2D eigenvalue weighted by Crippen LogP contribution is -2.62. The highest BCUT2D eigenvalue weighted by molar-refractivity contribution is 5.96. The van der Waals surface area contributed by atoms with Crippen molar-refractivity contribution in [1.82, 2.24) is 20.1 Å². The van der Waals surface area contributed by atoms with Crippen LogP contribution in [0.5, 0.6) is 5.88 Å². The number of halogens is 1. The fraction of sp³-hybridized carbons (Fsp3) is 0.571. The number of pyridine rings is 1. The van der Waals surface area contributed by atoms with Gasteiger partial charge >= 0.3 is 0 Å². The number of ether oxygens (including phenoxy) is 2. The van der Waals surface area contributed by atoms with Crippen LogP contribution < -0.4 is 15.0 Å². The third-order valence-electron chi connectivity index (χ3n) is 7.57. The van der Waals surface area contributed by atoms with Crippen LogP contribution in [0.3, 0.4) is 0 Å². The van der Waals surface area contributed by atoms with E-state index in [-0.39, 0.29) is 23.9 Å². The first-order valence-electron chi connectivity index (χ1n) is 13.4. The molecule has 4 atom stereocenters. The third kappa shape index (κ3) is 6.29. The van der Waals surface area contributed by atoms with E-state index in [0.29, 0.717) is 43.2 Å². The van der Waals surface area contributed by atoms with Crippen LogP contribution in [0, 0.1) is 5.82 Å². The zero-order valence-corrected chi connectivity index (χ0v) is 22.0. The molecule has 0 bridgehead atoms. The van der Waals surface area contributed by atoms with Gasteiger partial charge in [-0.3, -0.25) is 14.6 Å². The van der Waals surface area contributed by atoms with Crippen molar-refractivity contribution in [3.8, 4) is 5.88 Å². The number of hydrogen-bond acceptors (Lipinski definition) is 7. The normalized spacial score (nSPS) is 27.0. The second-order valence-electron chi connectivity index (χ2n) is 10.7. The van der Waals surface area contributed by atoms with Crippen LogP contribution >= 0.6 is 0 Å². The molecular formula is C28H38FN5O3. The molecule has 0 spiro atoms. The largest absolute Gasteiger partial charge is 0.471 e. The Morgan fingerprint density at radius 3 is 2.73 bits per heavy atom. The van der Waals surface area contributed by atoms with Gasteiger partial charge in [-0.05, 0) is 56.5 Å². The fourth-order valence-corrected chi connectivity index (χ4v) is 5.49. The maximum Gasteiger partial charge on any atom is 0.241 e. The first-order valence-corrected chi connectivity index (χ1v) is 13.4. The van der Waals surface area contributed by atoms with E-state index in [9.17, 15) is 9.18 Å². The minimum absolute atomic E-state index is 0.0614. The number of aromatic nitrogens is 1. The number of anilines is 1. The quantitative estimate of drug-likeness (QED) is 0.638. The van der Waals surface area contributed by atoms with Crippen LogP contribution in [0.1, 0.15) is 31.9 Å². The number of morpholine rings is 1. The average Bonchev–Trinajstić information content (AvgIpc) is 2.88. The van der Waals surface area contributed by atoms with Crippen LogP contribution in [0.4, 0.5) is 10.1 Å². The molecule has 2 saturated heterocycles. The van der Waals surface area contributed by atoms with Crippen molar-refractivity contribution in [2.75, 3.05) is 57.4 Å². The Morgan fingerprint density at radius 2 is 1.95 bits per heavy atom. The summed E-state index contributed by atoms with van der Waals surface area (Å²) in [7, 11) is 0. The Morgan fingerprint density at radius 1 is 1.14 bits per heavy atom. The van der Waals surface area contributed by atoms with E-state index in [1.54, 1.807) is 18.3 Å². The van der Waals surface area contributed by atoms with Crippen molar-refractivity contribution in [3.05, 3.63) is 53.5 Å². The number of nitrogens with one attached hydrogen (secondary N) is 1. The molecule has 0 aliphatic carbocycles. The van der Waals surface area contributed by atoms with Crippen LogP contribution in [0.15, 0.2) is 36.5 Å². The summed E-state index contributed by atoms with van der Waals surface area (Å²) in [5, 5.41) is 3.60. The Hall–Kier alpha value is -2.59. The van der Waals surface area contributed by atoms with E-state index >= 15 is 0 Å². The van der Waals surface area contributed by atoms with Crippen LogP contribution in [-0.4, -0.2) is 97.4 Å². The Balaban J connectivity index is 1.32. The molecule has 37 heavy (non-hydrogen) atoms. The van der Waals surface area contributed by atoms with Gasteiger partial charge in [-0.2, -0.15) is 0 Å². The number of carbonyl (C=O) groups is 1. The summed E-state index contributed by atoms with van der Waals surface area (Å²) in [6.07, 6.45) is 2.24. The van der Waals surface area contributed by atoms with E-state index in [1.807, 2.05) is 17.9 Å². The third-order valence-corrected chi connectivity index (χ3v) is 7.57. The number of benzene rings is 1. The Bertz CT molecular complexity index is 1080. The van der Waals surface area contributed by atoms with Gasteiger partial charge in [-0.25, -0.2) is 9.37 Å². The number of fused-ring (bicyclic) bond motifs is 1. The molecule has 1 aromatic carbocycles. The van der Waals surface area contributed by atoms with Crippen LogP contribution in [0.2, 0.25) is 0 Å². The molecular weight excluding hydrogens is 473 g/mol. The lowest BCUT2D eigenvalue weighted by Gasteiger charge is -2.44. The summed E-state index contributed by atoms with van der Waals surface area (Å²) in [4.78, 5) is 25.0. The van der Waals surface area contributed by atoms with Gasteiger partial charge in [0.15, 0.2) is 0 Å². The zero-order chi connectivity index (χ0) is 25.9. The summed E-state index contributed by atoms with van der Waals surface area (Å²) in [5.74, 6) is 0.295. The molecule has 1 aromatic heterocycles. The maximum atomic E-state index is 13.8. The van der Waals surface area contributed by atoms with Crippen molar-refractivity contribution < 1.29 is 18.7 Å². The molecule has 9 heteroatoms. The first-order chi connectivity index (χ1) is 17.9. The fourth-order valence-electron chi connectivity index (χ4n) is 5.49. The van der Waals surface area contributed by atoms with Crippen LogP contribution in [0.25, 0.3) is 0 Å². The van der Waals surface area contributed by atoms with Gasteiger partial charge < -0.3 is 19.7 Å². The number of nitrogens with zero attached hydrogens (tertiary/aromatic N) is 4. The summed E-state index contributed by atoms with van der Waals surface area (Å²) in [6.45, 7) is 12.2. The van der Waals surface area contributed by atoms with Gasteiger partial charge in [-0.15, -0.1) is 0 Å². The maximum absolute atomic E-state index is 13.8. The van der Waals surface area contributed by atoms with E-state index in [4.69, 9.17) is 9.47 Å². The Labute approximate surface area is 218 Å². The van der Waals surface area contributed by atoms with Crippen LogP contribution in [-0.2, 0) is 16.0 Å². The molecule has 8 nitrogen and oxygen atoms in total.